The van der Waals surface area contributed by atoms with E-state index < -0.39 is 0 Å². The normalized spacial score (nSPS) is 13.2. The van der Waals surface area contributed by atoms with Crippen molar-refractivity contribution in [1.82, 2.24) is 0 Å². The summed E-state index contributed by atoms with van der Waals surface area (Å²) in [5.41, 5.74) is 1.99. The van der Waals surface area contributed by atoms with Gasteiger partial charge in [-0.05, 0) is 36.1 Å². The molecule has 4 heteroatoms. The van der Waals surface area contributed by atoms with Crippen molar-refractivity contribution in [1.29, 1.82) is 0 Å². The van der Waals surface area contributed by atoms with E-state index in [-0.39, 0.29) is 11.6 Å². The molecule has 0 unspecified atom stereocenters. The highest BCUT2D eigenvalue weighted by atomic mass is 32.1. The summed E-state index contributed by atoms with van der Waals surface area (Å²) in [5.74, 6) is 0.582. The molecular formula is C16H14O3S. The lowest BCUT2D eigenvalue weighted by atomic mass is 10.0. The average molecular weight is 286 g/mol. The molecule has 0 N–H and O–H groups in total. The van der Waals surface area contributed by atoms with Crippen LogP contribution in [-0.2, 0) is 6.61 Å². The molecule has 0 spiro atoms. The Hall–Kier alpha value is -1.94. The van der Waals surface area contributed by atoms with Gasteiger partial charge < -0.3 is 4.74 Å². The molecule has 2 heterocycles. The van der Waals surface area contributed by atoms with E-state index in [4.69, 9.17) is 4.74 Å². The van der Waals surface area contributed by atoms with E-state index >= 15 is 0 Å². The smallest absolute Gasteiger partial charge is 0.207 e. The van der Waals surface area contributed by atoms with Gasteiger partial charge in [-0.15, -0.1) is 11.3 Å². The Morgan fingerprint density at radius 1 is 1.35 bits per heavy atom. The highest BCUT2D eigenvalue weighted by Crippen LogP contribution is 2.32. The third kappa shape index (κ3) is 2.16. The molecule has 1 aliphatic heterocycles. The summed E-state index contributed by atoms with van der Waals surface area (Å²) < 4.78 is 5.67. The first-order valence-corrected chi connectivity index (χ1v) is 7.49. The molecule has 20 heavy (non-hydrogen) atoms. The molecule has 1 aromatic carbocycles. The van der Waals surface area contributed by atoms with Crippen LogP contribution in [0.3, 0.4) is 0 Å². The second-order valence-corrected chi connectivity index (χ2v) is 5.69. The molecule has 0 saturated carbocycles. The number of hydrogen-bond acceptors (Lipinski definition) is 4. The third-order valence-electron chi connectivity index (χ3n) is 3.36. The predicted molar refractivity (Wildman–Crippen MR) is 77.8 cm³/mol. The van der Waals surface area contributed by atoms with Crippen LogP contribution in [-0.4, -0.2) is 11.6 Å². The first-order valence-electron chi connectivity index (χ1n) is 6.62. The minimum Gasteiger partial charge on any atom is -0.488 e. The lowest BCUT2D eigenvalue weighted by Gasteiger charge is -2.08. The van der Waals surface area contributed by atoms with Crippen molar-refractivity contribution in [3.8, 4) is 5.75 Å². The van der Waals surface area contributed by atoms with Gasteiger partial charge in [0.2, 0.25) is 5.78 Å². The largest absolute Gasteiger partial charge is 0.488 e. The zero-order valence-electron chi connectivity index (χ0n) is 11.1. The summed E-state index contributed by atoms with van der Waals surface area (Å²) in [7, 11) is 0. The number of hydrogen-bond donors (Lipinski definition) is 0. The van der Waals surface area contributed by atoms with Gasteiger partial charge >= 0.3 is 0 Å². The Balaban J connectivity index is 2.05. The number of Topliss-reactive ketones (excluding diaryl/α,β-unsaturated/α-hetero) is 1. The number of benzene rings is 1. The van der Waals surface area contributed by atoms with E-state index in [0.29, 0.717) is 34.8 Å². The molecular weight excluding hydrogens is 272 g/mol. The number of rotatable bonds is 3. The molecule has 3 nitrogen and oxygen atoms in total. The first kappa shape index (κ1) is 13.1. The van der Waals surface area contributed by atoms with Crippen molar-refractivity contribution >= 4 is 22.9 Å². The van der Waals surface area contributed by atoms with Gasteiger partial charge in [0.15, 0.2) is 5.78 Å². The highest BCUT2D eigenvalue weighted by molar-refractivity contribution is 7.12. The number of carbonyl (C=O) groups is 2. The Morgan fingerprint density at radius 2 is 2.20 bits per heavy atom. The first-order chi connectivity index (χ1) is 9.70. The van der Waals surface area contributed by atoms with E-state index in [9.17, 15) is 9.59 Å². The molecule has 0 bridgehead atoms. The van der Waals surface area contributed by atoms with Gasteiger partial charge in [0.1, 0.15) is 12.4 Å². The average Bonchev–Trinajstić information content (AvgIpc) is 2.88. The molecule has 0 atom stereocenters. The quantitative estimate of drug-likeness (QED) is 0.805. The molecule has 1 aliphatic rings. The molecule has 0 amide bonds. The van der Waals surface area contributed by atoms with Crippen LogP contribution in [0.5, 0.6) is 5.75 Å². The Morgan fingerprint density at radius 3 is 3.00 bits per heavy atom. The zero-order chi connectivity index (χ0) is 14.1. The van der Waals surface area contributed by atoms with Gasteiger partial charge in [-0.2, -0.15) is 0 Å². The maximum absolute atomic E-state index is 12.5. The lowest BCUT2D eigenvalue weighted by molar-refractivity contribution is 0.0981. The minimum absolute atomic E-state index is 0.0475. The van der Waals surface area contributed by atoms with Crippen molar-refractivity contribution < 1.29 is 14.3 Å². The lowest BCUT2D eigenvalue weighted by Crippen LogP contribution is -2.04. The monoisotopic (exact) mass is 286 g/mol. The summed E-state index contributed by atoms with van der Waals surface area (Å²) >= 11 is 1.42. The molecule has 0 saturated heterocycles. The number of ether oxygens (including phenoxy) is 1. The molecule has 3 rings (SSSR count). The fourth-order valence-electron chi connectivity index (χ4n) is 2.30. The molecule has 0 radical (unpaired) electrons. The molecule has 0 aliphatic carbocycles. The van der Waals surface area contributed by atoms with E-state index in [1.165, 1.54) is 11.3 Å². The Kier molecular flexibility index (Phi) is 3.40. The van der Waals surface area contributed by atoms with Crippen LogP contribution < -0.4 is 4.74 Å². The van der Waals surface area contributed by atoms with Crippen LogP contribution in [0.2, 0.25) is 0 Å². The molecule has 1 aromatic heterocycles. The van der Waals surface area contributed by atoms with E-state index in [1.807, 2.05) is 18.4 Å². The van der Waals surface area contributed by atoms with Crippen LogP contribution in [0, 0.1) is 0 Å². The molecule has 0 fully saturated rings. The summed E-state index contributed by atoms with van der Waals surface area (Å²) in [6, 6.07) is 7.05. The maximum Gasteiger partial charge on any atom is 0.207 e. The van der Waals surface area contributed by atoms with Gasteiger partial charge in [-0.25, -0.2) is 0 Å². The van der Waals surface area contributed by atoms with Crippen LogP contribution >= 0.6 is 11.3 Å². The number of carbonyl (C=O) groups excluding carboxylic acids is 2. The summed E-state index contributed by atoms with van der Waals surface area (Å²) in [6.45, 7) is 2.37. The van der Waals surface area contributed by atoms with E-state index in [1.54, 1.807) is 18.2 Å². The maximum atomic E-state index is 12.5. The van der Waals surface area contributed by atoms with Crippen LogP contribution in [0.4, 0.5) is 0 Å². The Labute approximate surface area is 121 Å². The van der Waals surface area contributed by atoms with Crippen molar-refractivity contribution in [3.63, 3.8) is 0 Å². The molecule has 102 valence electrons. The van der Waals surface area contributed by atoms with Crippen molar-refractivity contribution in [3.05, 3.63) is 51.2 Å². The van der Waals surface area contributed by atoms with Gasteiger partial charge in [0.25, 0.3) is 0 Å². The summed E-state index contributed by atoms with van der Waals surface area (Å²) in [5, 5.41) is 1.89. The predicted octanol–water partition coefficient (Wildman–Crippen LogP) is 3.85. The SMILES string of the molecule is CCCC(=O)c1ccc2c(c1)C(=O)c1sccc1CO2. The number of ketones is 2. The van der Waals surface area contributed by atoms with Gasteiger partial charge in [0.05, 0.1) is 10.4 Å². The summed E-state index contributed by atoms with van der Waals surface area (Å²) in [6.07, 6.45) is 1.30. The fraction of sp³-hybridized carbons (Fsp3) is 0.250. The third-order valence-corrected chi connectivity index (χ3v) is 4.31. The standard InChI is InChI=1S/C16H14O3S/c1-2-3-13(17)10-4-5-14-12(8-10)15(18)16-11(9-19-14)6-7-20-16/h4-8H,2-3,9H2,1H3. The fourth-order valence-corrected chi connectivity index (χ4v) is 3.17. The van der Waals surface area contributed by atoms with Gasteiger partial charge in [0, 0.05) is 17.5 Å². The van der Waals surface area contributed by atoms with Crippen molar-refractivity contribution in [2.45, 2.75) is 26.4 Å². The van der Waals surface area contributed by atoms with Crippen molar-refractivity contribution in [2.75, 3.05) is 0 Å². The second kappa shape index (κ2) is 5.21. The van der Waals surface area contributed by atoms with Crippen LogP contribution in [0.25, 0.3) is 0 Å². The number of fused-ring (bicyclic) bond motifs is 2. The topological polar surface area (TPSA) is 43.4 Å². The van der Waals surface area contributed by atoms with Crippen molar-refractivity contribution in [2.24, 2.45) is 0 Å². The van der Waals surface area contributed by atoms with Crippen LogP contribution in [0.1, 0.15) is 50.9 Å². The highest BCUT2D eigenvalue weighted by Gasteiger charge is 2.24. The number of thiophene rings is 1. The Bertz CT molecular complexity index is 685. The second-order valence-electron chi connectivity index (χ2n) is 4.78. The van der Waals surface area contributed by atoms with E-state index in [0.717, 1.165) is 12.0 Å². The minimum atomic E-state index is -0.0475. The summed E-state index contributed by atoms with van der Waals surface area (Å²) in [4.78, 5) is 25.2. The zero-order valence-corrected chi connectivity index (χ0v) is 12.0. The van der Waals surface area contributed by atoms with E-state index in [2.05, 4.69) is 0 Å². The van der Waals surface area contributed by atoms with Gasteiger partial charge in [-0.3, -0.25) is 9.59 Å². The van der Waals surface area contributed by atoms with Crippen LogP contribution in [0.15, 0.2) is 29.6 Å². The molecule has 2 aromatic rings. The van der Waals surface area contributed by atoms with Gasteiger partial charge in [-0.1, -0.05) is 6.92 Å².